The molecule has 1 saturated heterocycles. The van der Waals surface area contributed by atoms with Gasteiger partial charge in [0.15, 0.2) is 0 Å². The number of benzene rings is 1. The second kappa shape index (κ2) is 5.52. The fraction of sp³-hybridized carbons (Fsp3) is 0.312. The minimum atomic E-state index is -0.940. The zero-order chi connectivity index (χ0) is 14.8. The van der Waals surface area contributed by atoms with E-state index in [1.54, 1.807) is 18.2 Å². The van der Waals surface area contributed by atoms with Crippen molar-refractivity contribution >= 4 is 11.9 Å². The highest BCUT2D eigenvalue weighted by molar-refractivity contribution is 5.95. The van der Waals surface area contributed by atoms with Crippen LogP contribution in [0.25, 0.3) is 11.3 Å². The van der Waals surface area contributed by atoms with Crippen molar-refractivity contribution in [1.82, 2.24) is 9.97 Å². The number of carbonyl (C=O) groups is 1. The molecule has 1 fully saturated rings. The van der Waals surface area contributed by atoms with Gasteiger partial charge in [0.05, 0.1) is 11.3 Å². The molecule has 0 radical (unpaired) electrons. The summed E-state index contributed by atoms with van der Waals surface area (Å²) in [4.78, 5) is 22.6. The van der Waals surface area contributed by atoms with E-state index in [4.69, 9.17) is 0 Å². The summed E-state index contributed by atoms with van der Waals surface area (Å²) < 4.78 is 0. The molecule has 0 unspecified atom stereocenters. The molecule has 2 aromatic rings. The molecule has 0 saturated carbocycles. The van der Waals surface area contributed by atoms with Gasteiger partial charge in [-0.05, 0) is 31.9 Å². The SMILES string of the molecule is Cc1cc(-c2ccccc2C(=O)O)nc(N2CCCC2)n1. The van der Waals surface area contributed by atoms with Gasteiger partial charge in [0.1, 0.15) is 0 Å². The lowest BCUT2D eigenvalue weighted by molar-refractivity contribution is 0.0697. The van der Waals surface area contributed by atoms with E-state index in [0.29, 0.717) is 17.2 Å². The van der Waals surface area contributed by atoms with Crippen LogP contribution in [0.4, 0.5) is 5.95 Å². The van der Waals surface area contributed by atoms with Crippen molar-refractivity contribution in [2.45, 2.75) is 19.8 Å². The molecular weight excluding hydrogens is 266 g/mol. The topological polar surface area (TPSA) is 66.3 Å². The Morgan fingerprint density at radius 3 is 2.62 bits per heavy atom. The van der Waals surface area contributed by atoms with Crippen LogP contribution < -0.4 is 4.90 Å². The monoisotopic (exact) mass is 283 g/mol. The largest absolute Gasteiger partial charge is 0.478 e. The standard InChI is InChI=1S/C16H17N3O2/c1-11-10-14(12-6-2-3-7-13(12)15(20)21)18-16(17-11)19-8-4-5-9-19/h2-3,6-7,10H,4-5,8-9H2,1H3,(H,20,21). The molecule has 0 atom stereocenters. The first kappa shape index (κ1) is 13.5. The Balaban J connectivity index is 2.08. The summed E-state index contributed by atoms with van der Waals surface area (Å²) in [5.74, 6) is -0.243. The molecule has 108 valence electrons. The van der Waals surface area contributed by atoms with Gasteiger partial charge in [-0.3, -0.25) is 0 Å². The maximum Gasteiger partial charge on any atom is 0.336 e. The number of aromatic nitrogens is 2. The smallest absolute Gasteiger partial charge is 0.336 e. The third-order valence-corrected chi connectivity index (χ3v) is 3.66. The number of anilines is 1. The Kier molecular flexibility index (Phi) is 3.56. The molecule has 21 heavy (non-hydrogen) atoms. The number of nitrogens with zero attached hydrogens (tertiary/aromatic N) is 3. The van der Waals surface area contributed by atoms with Gasteiger partial charge >= 0.3 is 5.97 Å². The maximum absolute atomic E-state index is 11.4. The van der Waals surface area contributed by atoms with E-state index in [-0.39, 0.29) is 5.56 Å². The Labute approximate surface area is 123 Å². The molecule has 0 bridgehead atoms. The van der Waals surface area contributed by atoms with Crippen molar-refractivity contribution in [3.8, 4) is 11.3 Å². The van der Waals surface area contributed by atoms with E-state index in [0.717, 1.165) is 31.6 Å². The number of aromatic carboxylic acids is 1. The number of carboxylic acid groups (broad SMARTS) is 1. The Morgan fingerprint density at radius 2 is 1.90 bits per heavy atom. The van der Waals surface area contributed by atoms with Gasteiger partial charge in [-0.15, -0.1) is 0 Å². The van der Waals surface area contributed by atoms with E-state index in [1.165, 1.54) is 0 Å². The lowest BCUT2D eigenvalue weighted by Gasteiger charge is -2.17. The first-order valence-electron chi connectivity index (χ1n) is 7.08. The van der Waals surface area contributed by atoms with Crippen molar-refractivity contribution in [2.24, 2.45) is 0 Å². The van der Waals surface area contributed by atoms with Crippen molar-refractivity contribution in [2.75, 3.05) is 18.0 Å². The van der Waals surface area contributed by atoms with Crippen LogP contribution in [-0.2, 0) is 0 Å². The quantitative estimate of drug-likeness (QED) is 0.938. The highest BCUT2D eigenvalue weighted by atomic mass is 16.4. The summed E-state index contributed by atoms with van der Waals surface area (Å²) >= 11 is 0. The minimum absolute atomic E-state index is 0.267. The minimum Gasteiger partial charge on any atom is -0.478 e. The van der Waals surface area contributed by atoms with Gasteiger partial charge in [0, 0.05) is 24.3 Å². The molecule has 0 spiro atoms. The van der Waals surface area contributed by atoms with Crippen LogP contribution in [-0.4, -0.2) is 34.1 Å². The zero-order valence-corrected chi connectivity index (χ0v) is 11.9. The highest BCUT2D eigenvalue weighted by Crippen LogP contribution is 2.25. The first-order valence-corrected chi connectivity index (χ1v) is 7.08. The van der Waals surface area contributed by atoms with Crippen LogP contribution in [0.1, 0.15) is 28.9 Å². The van der Waals surface area contributed by atoms with Crippen LogP contribution >= 0.6 is 0 Å². The predicted molar refractivity (Wildman–Crippen MR) is 80.6 cm³/mol. The van der Waals surface area contributed by atoms with Gasteiger partial charge < -0.3 is 10.0 Å². The summed E-state index contributed by atoms with van der Waals surface area (Å²) in [5, 5.41) is 9.32. The molecule has 5 heteroatoms. The van der Waals surface area contributed by atoms with Crippen LogP contribution in [0.5, 0.6) is 0 Å². The Morgan fingerprint density at radius 1 is 1.19 bits per heavy atom. The summed E-state index contributed by atoms with van der Waals surface area (Å²) in [6.07, 6.45) is 2.30. The molecule has 1 aromatic carbocycles. The third-order valence-electron chi connectivity index (χ3n) is 3.66. The molecule has 0 amide bonds. The van der Waals surface area contributed by atoms with Gasteiger partial charge in [0.2, 0.25) is 5.95 Å². The van der Waals surface area contributed by atoms with E-state index >= 15 is 0 Å². The van der Waals surface area contributed by atoms with Crippen molar-refractivity contribution in [3.63, 3.8) is 0 Å². The summed E-state index contributed by atoms with van der Waals surface area (Å²) in [5.41, 5.74) is 2.42. The van der Waals surface area contributed by atoms with Gasteiger partial charge in [-0.25, -0.2) is 14.8 Å². The molecule has 1 aliphatic heterocycles. The van der Waals surface area contributed by atoms with Crippen LogP contribution in [0.2, 0.25) is 0 Å². The second-order valence-electron chi connectivity index (χ2n) is 5.24. The maximum atomic E-state index is 11.4. The van der Waals surface area contributed by atoms with E-state index in [1.807, 2.05) is 19.1 Å². The number of aryl methyl sites for hydroxylation is 1. The van der Waals surface area contributed by atoms with Crippen molar-refractivity contribution in [3.05, 3.63) is 41.6 Å². The van der Waals surface area contributed by atoms with Crippen LogP contribution in [0, 0.1) is 6.92 Å². The number of rotatable bonds is 3. The summed E-state index contributed by atoms with van der Waals surface area (Å²) in [7, 11) is 0. The van der Waals surface area contributed by atoms with Gasteiger partial charge in [-0.2, -0.15) is 0 Å². The summed E-state index contributed by atoms with van der Waals surface area (Å²) in [6, 6.07) is 8.78. The highest BCUT2D eigenvalue weighted by Gasteiger charge is 2.18. The molecule has 1 N–H and O–H groups in total. The lowest BCUT2D eigenvalue weighted by atomic mass is 10.0. The zero-order valence-electron chi connectivity index (χ0n) is 11.9. The molecule has 3 rings (SSSR count). The van der Waals surface area contributed by atoms with Gasteiger partial charge in [0.25, 0.3) is 0 Å². The molecule has 2 heterocycles. The van der Waals surface area contributed by atoms with Gasteiger partial charge in [-0.1, -0.05) is 18.2 Å². The number of hydrogen-bond acceptors (Lipinski definition) is 4. The fourth-order valence-electron chi connectivity index (χ4n) is 2.64. The second-order valence-corrected chi connectivity index (χ2v) is 5.24. The average molecular weight is 283 g/mol. The van der Waals surface area contributed by atoms with Crippen LogP contribution in [0.15, 0.2) is 30.3 Å². The number of carboxylic acids is 1. The third kappa shape index (κ3) is 2.72. The van der Waals surface area contributed by atoms with Crippen LogP contribution in [0.3, 0.4) is 0 Å². The fourth-order valence-corrected chi connectivity index (χ4v) is 2.64. The molecule has 1 aliphatic rings. The molecule has 5 nitrogen and oxygen atoms in total. The molecule has 1 aromatic heterocycles. The molecular formula is C16H17N3O2. The van der Waals surface area contributed by atoms with E-state index < -0.39 is 5.97 Å². The van der Waals surface area contributed by atoms with Crippen molar-refractivity contribution in [1.29, 1.82) is 0 Å². The van der Waals surface area contributed by atoms with E-state index in [9.17, 15) is 9.90 Å². The number of hydrogen-bond donors (Lipinski definition) is 1. The van der Waals surface area contributed by atoms with Crippen molar-refractivity contribution < 1.29 is 9.90 Å². The van der Waals surface area contributed by atoms with E-state index in [2.05, 4.69) is 14.9 Å². The predicted octanol–water partition coefficient (Wildman–Crippen LogP) is 2.75. The molecule has 0 aliphatic carbocycles. The Hall–Kier alpha value is -2.43. The normalized spacial score (nSPS) is 14.4. The average Bonchev–Trinajstić information content (AvgIpc) is 3.01. The first-order chi connectivity index (χ1) is 10.1. The summed E-state index contributed by atoms with van der Waals surface area (Å²) in [6.45, 7) is 3.83. The lowest BCUT2D eigenvalue weighted by Crippen LogP contribution is -2.21. The Bertz CT molecular complexity index is 679.